The lowest BCUT2D eigenvalue weighted by Crippen LogP contribution is -2.30. The lowest BCUT2D eigenvalue weighted by molar-refractivity contribution is -0.115. The van der Waals surface area contributed by atoms with Crippen molar-refractivity contribution in [1.82, 2.24) is 15.3 Å². The van der Waals surface area contributed by atoms with E-state index in [-0.39, 0.29) is 18.5 Å². The molecule has 146 valence electrons. The number of carbonyl (C=O) groups is 1. The fraction of sp³-hybridized carbons (Fsp3) is 0.174. The molecule has 0 saturated heterocycles. The maximum atomic E-state index is 12.3. The molecule has 4 rings (SSSR count). The molecule has 4 aromatic rings. The number of rotatable bonds is 6. The van der Waals surface area contributed by atoms with E-state index in [0.29, 0.717) is 0 Å². The van der Waals surface area contributed by atoms with E-state index >= 15 is 0 Å². The normalized spacial score (nSPS) is 12.1. The van der Waals surface area contributed by atoms with E-state index in [0.717, 1.165) is 27.3 Å². The van der Waals surface area contributed by atoms with Gasteiger partial charge in [-0.2, -0.15) is 0 Å². The summed E-state index contributed by atoms with van der Waals surface area (Å²) in [6.45, 7) is 4.33. The van der Waals surface area contributed by atoms with Gasteiger partial charge < -0.3 is 10.6 Å². The standard InChI is InChI=1S/C23H22N4OS/c1-15-5-10-20-21(12-15)29-23(27-20)17-6-8-19(9-7-17)26-22(28)14-25-16(2)18-4-3-11-24-13-18/h3-13,16,25H,14H2,1-2H3,(H,26,28). The van der Waals surface area contributed by atoms with Crippen molar-refractivity contribution < 1.29 is 4.79 Å². The first-order valence-electron chi connectivity index (χ1n) is 9.49. The van der Waals surface area contributed by atoms with Gasteiger partial charge in [0.1, 0.15) is 5.01 Å². The number of nitrogens with zero attached hydrogens (tertiary/aromatic N) is 2. The topological polar surface area (TPSA) is 66.9 Å². The van der Waals surface area contributed by atoms with Crippen LogP contribution in [-0.4, -0.2) is 22.4 Å². The first-order chi connectivity index (χ1) is 14.1. The van der Waals surface area contributed by atoms with E-state index in [1.165, 1.54) is 10.3 Å². The van der Waals surface area contributed by atoms with E-state index in [1.807, 2.05) is 43.3 Å². The smallest absolute Gasteiger partial charge is 0.238 e. The van der Waals surface area contributed by atoms with Gasteiger partial charge in [0, 0.05) is 29.7 Å². The molecule has 2 heterocycles. The predicted molar refractivity (Wildman–Crippen MR) is 119 cm³/mol. The summed E-state index contributed by atoms with van der Waals surface area (Å²) in [6.07, 6.45) is 3.54. The van der Waals surface area contributed by atoms with Gasteiger partial charge in [-0.05, 0) is 67.4 Å². The van der Waals surface area contributed by atoms with Crippen LogP contribution in [0.1, 0.15) is 24.1 Å². The van der Waals surface area contributed by atoms with Crippen molar-refractivity contribution in [3.8, 4) is 10.6 Å². The van der Waals surface area contributed by atoms with Crippen molar-refractivity contribution in [2.45, 2.75) is 19.9 Å². The van der Waals surface area contributed by atoms with Crippen LogP contribution in [0.5, 0.6) is 0 Å². The Kier molecular flexibility index (Phi) is 5.64. The van der Waals surface area contributed by atoms with Crippen LogP contribution >= 0.6 is 11.3 Å². The number of aromatic nitrogens is 2. The van der Waals surface area contributed by atoms with Gasteiger partial charge in [-0.15, -0.1) is 11.3 Å². The molecule has 2 aromatic heterocycles. The third-order valence-electron chi connectivity index (χ3n) is 4.71. The minimum Gasteiger partial charge on any atom is -0.325 e. The highest BCUT2D eigenvalue weighted by Gasteiger charge is 2.09. The number of fused-ring (bicyclic) bond motifs is 1. The molecule has 0 saturated carbocycles. The van der Waals surface area contributed by atoms with Crippen LogP contribution in [0, 0.1) is 6.92 Å². The Labute approximate surface area is 173 Å². The zero-order valence-corrected chi connectivity index (χ0v) is 17.2. The summed E-state index contributed by atoms with van der Waals surface area (Å²) < 4.78 is 1.19. The Morgan fingerprint density at radius 1 is 1.14 bits per heavy atom. The van der Waals surface area contributed by atoms with Crippen molar-refractivity contribution in [1.29, 1.82) is 0 Å². The maximum Gasteiger partial charge on any atom is 0.238 e. The Morgan fingerprint density at radius 3 is 2.72 bits per heavy atom. The van der Waals surface area contributed by atoms with E-state index in [1.54, 1.807) is 23.7 Å². The predicted octanol–water partition coefficient (Wildman–Crippen LogP) is 4.96. The molecule has 0 radical (unpaired) electrons. The van der Waals surface area contributed by atoms with Gasteiger partial charge >= 0.3 is 0 Å². The third kappa shape index (κ3) is 4.67. The molecule has 0 aliphatic heterocycles. The molecule has 0 bridgehead atoms. The Balaban J connectivity index is 1.36. The second-order valence-electron chi connectivity index (χ2n) is 7.00. The van der Waals surface area contributed by atoms with Crippen LogP contribution in [-0.2, 0) is 4.79 Å². The highest BCUT2D eigenvalue weighted by Crippen LogP contribution is 2.31. The van der Waals surface area contributed by atoms with Gasteiger partial charge in [0.2, 0.25) is 5.91 Å². The molecule has 2 N–H and O–H groups in total. The van der Waals surface area contributed by atoms with Crippen LogP contribution in [0.3, 0.4) is 0 Å². The molecule has 29 heavy (non-hydrogen) atoms. The van der Waals surface area contributed by atoms with Crippen LogP contribution in [0.15, 0.2) is 67.0 Å². The third-order valence-corrected chi connectivity index (χ3v) is 5.78. The lowest BCUT2D eigenvalue weighted by atomic mass is 10.1. The van der Waals surface area contributed by atoms with Gasteiger partial charge in [0.25, 0.3) is 0 Å². The average molecular weight is 403 g/mol. The molecule has 1 amide bonds. The van der Waals surface area contributed by atoms with E-state index in [2.05, 4.69) is 40.7 Å². The number of benzene rings is 2. The van der Waals surface area contributed by atoms with Crippen molar-refractivity contribution in [3.63, 3.8) is 0 Å². The van der Waals surface area contributed by atoms with Gasteiger partial charge in [0.15, 0.2) is 0 Å². The van der Waals surface area contributed by atoms with Crippen LogP contribution in [0.4, 0.5) is 5.69 Å². The summed E-state index contributed by atoms with van der Waals surface area (Å²) in [5.74, 6) is -0.0797. The fourth-order valence-electron chi connectivity index (χ4n) is 3.05. The first-order valence-corrected chi connectivity index (χ1v) is 10.3. The zero-order chi connectivity index (χ0) is 20.2. The number of pyridine rings is 1. The van der Waals surface area contributed by atoms with Crippen LogP contribution in [0.25, 0.3) is 20.8 Å². The summed E-state index contributed by atoms with van der Waals surface area (Å²) in [6, 6.07) is 18.0. The number of anilines is 1. The summed E-state index contributed by atoms with van der Waals surface area (Å²) in [4.78, 5) is 21.1. The minimum atomic E-state index is -0.0797. The number of thiazole rings is 1. The molecule has 6 heteroatoms. The molecular weight excluding hydrogens is 380 g/mol. The minimum absolute atomic E-state index is 0.0551. The van der Waals surface area contributed by atoms with Gasteiger partial charge in [0.05, 0.1) is 16.8 Å². The Bertz CT molecular complexity index is 1120. The Morgan fingerprint density at radius 2 is 1.97 bits per heavy atom. The number of amides is 1. The molecule has 0 aliphatic carbocycles. The molecule has 0 spiro atoms. The number of nitrogens with one attached hydrogen (secondary N) is 2. The fourth-order valence-corrected chi connectivity index (χ4v) is 4.12. The van der Waals surface area contributed by atoms with Crippen molar-refractivity contribution in [3.05, 3.63) is 78.1 Å². The van der Waals surface area contributed by atoms with Crippen LogP contribution in [0.2, 0.25) is 0 Å². The monoisotopic (exact) mass is 402 g/mol. The molecule has 1 atom stereocenters. The quantitative estimate of drug-likeness (QED) is 0.479. The maximum absolute atomic E-state index is 12.3. The van der Waals surface area contributed by atoms with E-state index < -0.39 is 0 Å². The van der Waals surface area contributed by atoms with Crippen molar-refractivity contribution in [2.75, 3.05) is 11.9 Å². The van der Waals surface area contributed by atoms with Gasteiger partial charge in [-0.1, -0.05) is 12.1 Å². The molecule has 0 fully saturated rings. The summed E-state index contributed by atoms with van der Waals surface area (Å²) in [5.41, 5.74) is 5.12. The molecule has 1 unspecified atom stereocenters. The largest absolute Gasteiger partial charge is 0.325 e. The summed E-state index contributed by atoms with van der Waals surface area (Å²) >= 11 is 1.68. The molecular formula is C23H22N4OS. The second kappa shape index (κ2) is 8.51. The van der Waals surface area contributed by atoms with Crippen LogP contribution < -0.4 is 10.6 Å². The first kappa shape index (κ1) is 19.2. The highest BCUT2D eigenvalue weighted by molar-refractivity contribution is 7.21. The SMILES string of the molecule is Cc1ccc2nc(-c3ccc(NC(=O)CNC(C)c4cccnc4)cc3)sc2c1. The number of aryl methyl sites for hydroxylation is 1. The van der Waals surface area contributed by atoms with Gasteiger partial charge in [-0.3, -0.25) is 9.78 Å². The van der Waals surface area contributed by atoms with E-state index in [4.69, 9.17) is 4.98 Å². The number of carbonyl (C=O) groups excluding carboxylic acids is 1. The lowest BCUT2D eigenvalue weighted by Gasteiger charge is -2.13. The molecule has 2 aromatic carbocycles. The molecule has 5 nitrogen and oxygen atoms in total. The average Bonchev–Trinajstić information content (AvgIpc) is 3.16. The Hall–Kier alpha value is -3.09. The summed E-state index contributed by atoms with van der Waals surface area (Å²) in [7, 11) is 0. The van der Waals surface area contributed by atoms with Crippen molar-refractivity contribution >= 4 is 33.1 Å². The van der Waals surface area contributed by atoms with E-state index in [9.17, 15) is 4.79 Å². The van der Waals surface area contributed by atoms with Crippen molar-refractivity contribution in [2.24, 2.45) is 0 Å². The van der Waals surface area contributed by atoms with Gasteiger partial charge in [-0.25, -0.2) is 4.98 Å². The highest BCUT2D eigenvalue weighted by atomic mass is 32.1. The number of hydrogen-bond donors (Lipinski definition) is 2. The zero-order valence-electron chi connectivity index (χ0n) is 16.3. The number of hydrogen-bond acceptors (Lipinski definition) is 5. The second-order valence-corrected chi connectivity index (χ2v) is 8.04. The summed E-state index contributed by atoms with van der Waals surface area (Å²) in [5, 5.41) is 7.12. The molecule has 0 aliphatic rings.